The molecule has 2 aromatic carbocycles. The van der Waals surface area contributed by atoms with E-state index < -0.39 is 34.7 Å². The summed E-state index contributed by atoms with van der Waals surface area (Å²) < 4.78 is 58.1. The van der Waals surface area contributed by atoms with Crippen LogP contribution in [0, 0.1) is 23.3 Å². The Balaban J connectivity index is 1.84. The van der Waals surface area contributed by atoms with Crippen molar-refractivity contribution >= 4 is 23.3 Å². The summed E-state index contributed by atoms with van der Waals surface area (Å²) in [5.41, 5.74) is -0.436. The lowest BCUT2D eigenvalue weighted by molar-refractivity contribution is 0.102. The van der Waals surface area contributed by atoms with Crippen LogP contribution in [0.1, 0.15) is 10.4 Å². The Morgan fingerprint density at radius 2 is 1.74 bits per heavy atom. The predicted octanol–water partition coefficient (Wildman–Crippen LogP) is 4.73. The van der Waals surface area contributed by atoms with Crippen molar-refractivity contribution in [3.63, 3.8) is 0 Å². The van der Waals surface area contributed by atoms with Crippen molar-refractivity contribution in [2.45, 2.75) is 0 Å². The zero-order valence-electron chi connectivity index (χ0n) is 13.1. The summed E-state index contributed by atoms with van der Waals surface area (Å²) >= 11 is 6.04. The number of rotatable bonds is 4. The standard InChI is InChI=1S/C17H8ClF4N3O2/c18-14-15(25-16(26)10-3-1-8(19)5-12(10)21)23-7-24-17(14)27-9-2-4-11(20)13(22)6-9/h1-7H,(H,23,24,25,26). The van der Waals surface area contributed by atoms with Gasteiger partial charge in [0.1, 0.15) is 28.7 Å². The molecule has 1 heterocycles. The normalized spacial score (nSPS) is 10.6. The van der Waals surface area contributed by atoms with Gasteiger partial charge in [-0.15, -0.1) is 0 Å². The molecule has 27 heavy (non-hydrogen) atoms. The summed E-state index contributed by atoms with van der Waals surface area (Å²) in [6, 6.07) is 5.18. The molecule has 0 unspecified atom stereocenters. The zero-order valence-corrected chi connectivity index (χ0v) is 13.9. The maximum atomic E-state index is 13.7. The molecule has 0 saturated carbocycles. The second-order valence-electron chi connectivity index (χ2n) is 5.10. The highest BCUT2D eigenvalue weighted by atomic mass is 35.5. The van der Waals surface area contributed by atoms with Crippen LogP contribution < -0.4 is 10.1 Å². The van der Waals surface area contributed by atoms with E-state index in [-0.39, 0.29) is 22.5 Å². The molecular formula is C17H8ClF4N3O2. The van der Waals surface area contributed by atoms with Gasteiger partial charge in [-0.3, -0.25) is 4.79 Å². The lowest BCUT2D eigenvalue weighted by atomic mass is 10.2. The number of hydrogen-bond acceptors (Lipinski definition) is 4. The van der Waals surface area contributed by atoms with Gasteiger partial charge in [0.25, 0.3) is 5.91 Å². The van der Waals surface area contributed by atoms with Crippen LogP contribution >= 0.6 is 11.6 Å². The summed E-state index contributed by atoms with van der Waals surface area (Å²) in [6.07, 6.45) is 0.984. The van der Waals surface area contributed by atoms with Gasteiger partial charge >= 0.3 is 0 Å². The van der Waals surface area contributed by atoms with Crippen LogP contribution in [0.4, 0.5) is 23.4 Å². The molecule has 0 atom stereocenters. The van der Waals surface area contributed by atoms with Crippen LogP contribution in [0.5, 0.6) is 11.6 Å². The second kappa shape index (κ2) is 7.58. The Kier molecular flexibility index (Phi) is 5.22. The Morgan fingerprint density at radius 3 is 2.44 bits per heavy atom. The Bertz CT molecular complexity index is 1030. The highest BCUT2D eigenvalue weighted by molar-refractivity contribution is 6.34. The minimum Gasteiger partial charge on any atom is -0.437 e. The van der Waals surface area contributed by atoms with Crippen molar-refractivity contribution in [3.05, 3.63) is 76.6 Å². The van der Waals surface area contributed by atoms with Gasteiger partial charge in [0.05, 0.1) is 5.56 Å². The molecule has 138 valence electrons. The predicted molar refractivity (Wildman–Crippen MR) is 87.8 cm³/mol. The molecule has 0 aliphatic heterocycles. The summed E-state index contributed by atoms with van der Waals surface area (Å²) in [4.78, 5) is 19.6. The molecule has 1 N–H and O–H groups in total. The summed E-state index contributed by atoms with van der Waals surface area (Å²) in [7, 11) is 0. The molecule has 0 saturated heterocycles. The van der Waals surface area contributed by atoms with Crippen molar-refractivity contribution in [1.29, 1.82) is 0 Å². The number of nitrogens with one attached hydrogen (secondary N) is 1. The van der Waals surface area contributed by atoms with E-state index in [0.29, 0.717) is 6.07 Å². The number of ether oxygens (including phenoxy) is 1. The fourth-order valence-corrected chi connectivity index (χ4v) is 2.20. The summed E-state index contributed by atoms with van der Waals surface area (Å²) in [5, 5.41) is 1.97. The van der Waals surface area contributed by atoms with Gasteiger partial charge in [0.2, 0.25) is 5.88 Å². The Morgan fingerprint density at radius 1 is 0.963 bits per heavy atom. The first kappa shape index (κ1) is 18.6. The molecular weight excluding hydrogens is 390 g/mol. The maximum absolute atomic E-state index is 13.7. The molecule has 0 fully saturated rings. The molecule has 0 aliphatic rings. The molecule has 10 heteroatoms. The van der Waals surface area contributed by atoms with Crippen LogP contribution in [0.15, 0.2) is 42.7 Å². The molecule has 0 spiro atoms. The van der Waals surface area contributed by atoms with E-state index in [9.17, 15) is 22.4 Å². The molecule has 3 rings (SSSR count). The zero-order chi connectivity index (χ0) is 19.6. The number of anilines is 1. The first-order valence-electron chi connectivity index (χ1n) is 7.25. The minimum atomic E-state index is -1.14. The Labute approximate surface area is 154 Å². The Hall–Kier alpha value is -3.20. The number of aromatic nitrogens is 2. The lowest BCUT2D eigenvalue weighted by Gasteiger charge is -2.10. The lowest BCUT2D eigenvalue weighted by Crippen LogP contribution is -2.15. The van der Waals surface area contributed by atoms with E-state index in [1.807, 2.05) is 0 Å². The van der Waals surface area contributed by atoms with Crippen molar-refractivity contribution in [3.8, 4) is 11.6 Å². The fourth-order valence-electron chi connectivity index (χ4n) is 2.01. The van der Waals surface area contributed by atoms with Gasteiger partial charge in [-0.2, -0.15) is 4.98 Å². The number of benzene rings is 2. The summed E-state index contributed by atoms with van der Waals surface area (Å²) in [6.45, 7) is 0. The summed E-state index contributed by atoms with van der Waals surface area (Å²) in [5.74, 6) is -5.64. The van der Waals surface area contributed by atoms with E-state index in [2.05, 4.69) is 15.3 Å². The van der Waals surface area contributed by atoms with Crippen LogP contribution in [0.2, 0.25) is 5.02 Å². The van der Waals surface area contributed by atoms with E-state index >= 15 is 0 Å². The quantitative estimate of drug-likeness (QED) is 0.646. The van der Waals surface area contributed by atoms with E-state index in [4.69, 9.17) is 16.3 Å². The third kappa shape index (κ3) is 4.14. The van der Waals surface area contributed by atoms with Crippen molar-refractivity contribution in [1.82, 2.24) is 9.97 Å². The number of amides is 1. The van der Waals surface area contributed by atoms with E-state index in [1.54, 1.807) is 0 Å². The number of hydrogen-bond donors (Lipinski definition) is 1. The van der Waals surface area contributed by atoms with E-state index in [1.165, 1.54) is 0 Å². The van der Waals surface area contributed by atoms with Crippen LogP contribution in [0.25, 0.3) is 0 Å². The first-order chi connectivity index (χ1) is 12.8. The highest BCUT2D eigenvalue weighted by Gasteiger charge is 2.18. The maximum Gasteiger partial charge on any atom is 0.259 e. The topological polar surface area (TPSA) is 64.1 Å². The van der Waals surface area contributed by atoms with Crippen LogP contribution in [-0.2, 0) is 0 Å². The van der Waals surface area contributed by atoms with Gasteiger partial charge in [-0.1, -0.05) is 11.6 Å². The van der Waals surface area contributed by atoms with Crippen molar-refractivity contribution in [2.24, 2.45) is 0 Å². The van der Waals surface area contributed by atoms with Gasteiger partial charge in [-0.05, 0) is 24.3 Å². The minimum absolute atomic E-state index is 0.101. The number of carbonyl (C=O) groups is 1. The average molecular weight is 398 g/mol. The third-order valence-electron chi connectivity index (χ3n) is 3.27. The largest absolute Gasteiger partial charge is 0.437 e. The fraction of sp³-hybridized carbons (Fsp3) is 0. The van der Waals surface area contributed by atoms with Gasteiger partial charge < -0.3 is 10.1 Å². The van der Waals surface area contributed by atoms with Gasteiger partial charge in [-0.25, -0.2) is 22.5 Å². The smallest absolute Gasteiger partial charge is 0.259 e. The number of carbonyl (C=O) groups excluding carboxylic acids is 1. The van der Waals surface area contributed by atoms with Crippen molar-refractivity contribution in [2.75, 3.05) is 5.32 Å². The monoisotopic (exact) mass is 397 g/mol. The SMILES string of the molecule is O=C(Nc1ncnc(Oc2ccc(F)c(F)c2)c1Cl)c1ccc(F)cc1F. The van der Waals surface area contributed by atoms with Crippen LogP contribution in [-0.4, -0.2) is 15.9 Å². The van der Waals surface area contributed by atoms with Gasteiger partial charge in [0, 0.05) is 12.1 Å². The second-order valence-corrected chi connectivity index (χ2v) is 5.48. The molecule has 1 amide bonds. The van der Waals surface area contributed by atoms with E-state index in [0.717, 1.165) is 36.7 Å². The molecule has 0 bridgehead atoms. The molecule has 5 nitrogen and oxygen atoms in total. The number of halogens is 5. The molecule has 0 radical (unpaired) electrons. The molecule has 3 aromatic rings. The number of nitrogens with zero attached hydrogens (tertiary/aromatic N) is 2. The first-order valence-corrected chi connectivity index (χ1v) is 7.62. The average Bonchev–Trinajstić information content (AvgIpc) is 2.61. The van der Waals surface area contributed by atoms with Crippen molar-refractivity contribution < 1.29 is 27.1 Å². The highest BCUT2D eigenvalue weighted by Crippen LogP contribution is 2.32. The molecule has 0 aliphatic carbocycles. The van der Waals surface area contributed by atoms with Gasteiger partial charge in [0.15, 0.2) is 17.5 Å². The third-order valence-corrected chi connectivity index (χ3v) is 3.61. The molecule has 1 aromatic heterocycles. The van der Waals surface area contributed by atoms with Crippen LogP contribution in [0.3, 0.4) is 0 Å².